The van der Waals surface area contributed by atoms with Crippen LogP contribution in [0.4, 0.5) is 5.82 Å². The van der Waals surface area contributed by atoms with Crippen LogP contribution in [-0.4, -0.2) is 39.7 Å². The van der Waals surface area contributed by atoms with E-state index in [-0.39, 0.29) is 0 Å². The Balaban J connectivity index is 1.75. The number of benzene rings is 1. The van der Waals surface area contributed by atoms with Gasteiger partial charge in [-0.15, -0.1) is 0 Å². The van der Waals surface area contributed by atoms with E-state index in [0.29, 0.717) is 0 Å². The Morgan fingerprint density at radius 1 is 1.21 bits per heavy atom. The zero-order valence-corrected chi connectivity index (χ0v) is 14.8. The van der Waals surface area contributed by atoms with E-state index in [1.165, 1.54) is 5.56 Å². The molecule has 0 atom stereocenters. The highest BCUT2D eigenvalue weighted by molar-refractivity contribution is 7.98. The lowest BCUT2D eigenvalue weighted by Crippen LogP contribution is -2.29. The number of thioether (sulfide) groups is 1. The molecular formula is C17H19N5OS. The second kappa shape index (κ2) is 5.98. The number of aryl methyl sites for hydroxylation is 1. The lowest BCUT2D eigenvalue weighted by molar-refractivity contribution is 0.414. The average molecular weight is 341 g/mol. The first kappa shape index (κ1) is 15.3. The van der Waals surface area contributed by atoms with Gasteiger partial charge in [0.1, 0.15) is 11.6 Å². The van der Waals surface area contributed by atoms with E-state index in [1.54, 1.807) is 18.9 Å². The third kappa shape index (κ3) is 2.49. The van der Waals surface area contributed by atoms with E-state index in [0.717, 1.165) is 53.0 Å². The summed E-state index contributed by atoms with van der Waals surface area (Å²) in [6.45, 7) is 1.73. The normalized spacial score (nSPS) is 13.5. The van der Waals surface area contributed by atoms with Crippen LogP contribution >= 0.6 is 11.8 Å². The summed E-state index contributed by atoms with van der Waals surface area (Å²) in [6, 6.07) is 8.20. The summed E-state index contributed by atoms with van der Waals surface area (Å²) in [6.07, 6.45) is 2.92. The van der Waals surface area contributed by atoms with Gasteiger partial charge in [-0.2, -0.15) is 5.10 Å². The molecule has 0 bridgehead atoms. The lowest BCUT2D eigenvalue weighted by Gasteiger charge is -2.27. The van der Waals surface area contributed by atoms with E-state index in [1.807, 2.05) is 30.1 Å². The molecule has 0 aliphatic carbocycles. The molecule has 24 heavy (non-hydrogen) atoms. The minimum atomic E-state index is 0.786. The summed E-state index contributed by atoms with van der Waals surface area (Å²) >= 11 is 1.56. The van der Waals surface area contributed by atoms with Crippen molar-refractivity contribution < 1.29 is 4.74 Å². The zero-order chi connectivity index (χ0) is 16.7. The maximum absolute atomic E-state index is 5.24. The van der Waals surface area contributed by atoms with Gasteiger partial charge in [0.25, 0.3) is 0 Å². The standard InChI is InChI=1S/C17H19N5OS/c1-21-15-14-13(20-21)8-9-22(16(14)19-17(18-15)24-3)10-11-4-6-12(23-2)7-5-11/h4-7H,8-10H2,1-3H3. The van der Waals surface area contributed by atoms with E-state index in [2.05, 4.69) is 27.1 Å². The minimum absolute atomic E-state index is 0.786. The van der Waals surface area contributed by atoms with Crippen molar-refractivity contribution in [2.24, 2.45) is 7.05 Å². The summed E-state index contributed by atoms with van der Waals surface area (Å²) in [5, 5.41) is 6.50. The van der Waals surface area contributed by atoms with Gasteiger partial charge in [0, 0.05) is 26.6 Å². The van der Waals surface area contributed by atoms with Crippen LogP contribution in [0.25, 0.3) is 11.0 Å². The van der Waals surface area contributed by atoms with Crippen LogP contribution in [-0.2, 0) is 20.0 Å². The Bertz CT molecular complexity index is 890. The van der Waals surface area contributed by atoms with Crippen LogP contribution in [0.1, 0.15) is 11.3 Å². The largest absolute Gasteiger partial charge is 0.497 e. The fraction of sp³-hybridized carbons (Fsp3) is 0.353. The van der Waals surface area contributed by atoms with Gasteiger partial charge in [0.15, 0.2) is 10.8 Å². The van der Waals surface area contributed by atoms with Crippen LogP contribution in [0.5, 0.6) is 5.75 Å². The van der Waals surface area contributed by atoms with Crippen molar-refractivity contribution in [3.05, 3.63) is 35.5 Å². The minimum Gasteiger partial charge on any atom is -0.497 e. The van der Waals surface area contributed by atoms with Crippen LogP contribution in [0.15, 0.2) is 29.4 Å². The molecule has 124 valence electrons. The van der Waals surface area contributed by atoms with Crippen LogP contribution < -0.4 is 9.64 Å². The zero-order valence-electron chi connectivity index (χ0n) is 14.0. The van der Waals surface area contributed by atoms with Crippen molar-refractivity contribution in [1.82, 2.24) is 19.7 Å². The second-order valence-electron chi connectivity index (χ2n) is 5.82. The van der Waals surface area contributed by atoms with Gasteiger partial charge in [0.05, 0.1) is 18.2 Å². The molecule has 3 heterocycles. The predicted octanol–water partition coefficient (Wildman–Crippen LogP) is 2.66. The maximum Gasteiger partial charge on any atom is 0.191 e. The highest BCUT2D eigenvalue weighted by atomic mass is 32.2. The highest BCUT2D eigenvalue weighted by Gasteiger charge is 2.25. The fourth-order valence-electron chi connectivity index (χ4n) is 3.14. The SMILES string of the molecule is COc1ccc(CN2CCc3nn(C)c4nc(SC)nc2c34)cc1. The molecule has 2 aromatic heterocycles. The number of ether oxygens (including phenoxy) is 1. The number of rotatable bonds is 4. The Labute approximate surface area is 144 Å². The molecule has 1 aromatic carbocycles. The molecular weight excluding hydrogens is 322 g/mol. The van der Waals surface area contributed by atoms with Crippen molar-refractivity contribution >= 4 is 28.6 Å². The summed E-state index contributed by atoms with van der Waals surface area (Å²) in [4.78, 5) is 11.7. The molecule has 0 radical (unpaired) electrons. The van der Waals surface area contributed by atoms with Crippen molar-refractivity contribution in [3.63, 3.8) is 0 Å². The number of methoxy groups -OCH3 is 1. The first-order valence-corrected chi connectivity index (χ1v) is 9.07. The van der Waals surface area contributed by atoms with E-state index >= 15 is 0 Å². The predicted molar refractivity (Wildman–Crippen MR) is 95.8 cm³/mol. The summed E-state index contributed by atoms with van der Waals surface area (Å²) < 4.78 is 7.10. The lowest BCUT2D eigenvalue weighted by atomic mass is 10.1. The number of hydrogen-bond donors (Lipinski definition) is 0. The van der Waals surface area contributed by atoms with Gasteiger partial charge in [-0.3, -0.25) is 0 Å². The maximum atomic E-state index is 5.24. The third-order valence-corrected chi connectivity index (χ3v) is 4.90. The van der Waals surface area contributed by atoms with Crippen LogP contribution in [0.2, 0.25) is 0 Å². The fourth-order valence-corrected chi connectivity index (χ4v) is 3.49. The van der Waals surface area contributed by atoms with Crippen molar-refractivity contribution in [1.29, 1.82) is 0 Å². The van der Waals surface area contributed by atoms with Gasteiger partial charge in [0.2, 0.25) is 0 Å². The number of nitrogens with zero attached hydrogens (tertiary/aromatic N) is 5. The summed E-state index contributed by atoms with van der Waals surface area (Å²) in [5.41, 5.74) is 3.25. The van der Waals surface area contributed by atoms with Crippen molar-refractivity contribution in [2.75, 3.05) is 24.8 Å². The van der Waals surface area contributed by atoms with Crippen molar-refractivity contribution in [2.45, 2.75) is 18.1 Å². The van der Waals surface area contributed by atoms with Gasteiger partial charge >= 0.3 is 0 Å². The molecule has 3 aromatic rings. The molecule has 0 amide bonds. The number of anilines is 1. The first-order valence-electron chi connectivity index (χ1n) is 7.85. The molecule has 0 unspecified atom stereocenters. The molecule has 4 rings (SSSR count). The van der Waals surface area contributed by atoms with E-state index in [9.17, 15) is 0 Å². The molecule has 6 nitrogen and oxygen atoms in total. The highest BCUT2D eigenvalue weighted by Crippen LogP contribution is 2.33. The Kier molecular flexibility index (Phi) is 3.80. The van der Waals surface area contributed by atoms with Crippen LogP contribution in [0.3, 0.4) is 0 Å². The Hall–Kier alpha value is -2.28. The van der Waals surface area contributed by atoms with Gasteiger partial charge in [-0.1, -0.05) is 23.9 Å². The van der Waals surface area contributed by atoms with Gasteiger partial charge < -0.3 is 9.64 Å². The molecule has 0 saturated heterocycles. The van der Waals surface area contributed by atoms with E-state index in [4.69, 9.17) is 9.72 Å². The Morgan fingerprint density at radius 2 is 2.00 bits per heavy atom. The smallest absolute Gasteiger partial charge is 0.191 e. The summed E-state index contributed by atoms with van der Waals surface area (Å²) in [5.74, 6) is 1.87. The molecule has 1 aliphatic heterocycles. The topological polar surface area (TPSA) is 56.1 Å². The van der Waals surface area contributed by atoms with Crippen molar-refractivity contribution in [3.8, 4) is 5.75 Å². The molecule has 0 N–H and O–H groups in total. The molecule has 0 fully saturated rings. The Morgan fingerprint density at radius 3 is 2.71 bits per heavy atom. The molecule has 7 heteroatoms. The van der Waals surface area contributed by atoms with E-state index < -0.39 is 0 Å². The quantitative estimate of drug-likeness (QED) is 0.537. The second-order valence-corrected chi connectivity index (χ2v) is 6.60. The number of hydrogen-bond acceptors (Lipinski definition) is 6. The summed E-state index contributed by atoms with van der Waals surface area (Å²) in [7, 11) is 3.64. The molecule has 0 spiro atoms. The van der Waals surface area contributed by atoms with Gasteiger partial charge in [-0.05, 0) is 24.0 Å². The third-order valence-electron chi connectivity index (χ3n) is 4.35. The molecule has 0 saturated carbocycles. The average Bonchev–Trinajstić information content (AvgIpc) is 2.94. The first-order chi connectivity index (χ1) is 11.7. The molecule has 1 aliphatic rings. The monoisotopic (exact) mass is 341 g/mol. The van der Waals surface area contributed by atoms with Gasteiger partial charge in [-0.25, -0.2) is 14.6 Å². The van der Waals surface area contributed by atoms with Crippen LogP contribution in [0, 0.1) is 0 Å². The number of aromatic nitrogens is 4.